The molecule has 5 heteroatoms. The number of aromatic nitrogens is 3. The van der Waals surface area contributed by atoms with Crippen molar-refractivity contribution in [1.29, 1.82) is 0 Å². The molecule has 3 heterocycles. The highest BCUT2D eigenvalue weighted by molar-refractivity contribution is 5.94. The predicted molar refractivity (Wildman–Crippen MR) is 96.2 cm³/mol. The van der Waals surface area contributed by atoms with Crippen LogP contribution in [0.1, 0.15) is 40.4 Å². The van der Waals surface area contributed by atoms with Crippen LogP contribution in [0, 0.1) is 0 Å². The summed E-state index contributed by atoms with van der Waals surface area (Å²) in [5.74, 6) is 0.110. The summed E-state index contributed by atoms with van der Waals surface area (Å²) in [7, 11) is 1.91. The Kier molecular flexibility index (Phi) is 4.14. The van der Waals surface area contributed by atoms with Crippen molar-refractivity contribution in [2.75, 3.05) is 6.54 Å². The maximum Gasteiger partial charge on any atom is 0.254 e. The molecule has 1 fully saturated rings. The standard InChI is InChI=1S/C20H22N4O/c1-22-15-18(13-21-22)19-5-4-12-24(19)20(25)17-8-6-16(7-9-17)14-23-10-2-3-11-23/h2-3,6-11,13,15,19H,4-5,12,14H2,1H3/t19-/m1/s1. The summed E-state index contributed by atoms with van der Waals surface area (Å²) in [6, 6.07) is 12.2. The summed E-state index contributed by atoms with van der Waals surface area (Å²) < 4.78 is 3.92. The third-order valence-corrected chi connectivity index (χ3v) is 4.86. The topological polar surface area (TPSA) is 43.1 Å². The van der Waals surface area contributed by atoms with E-state index in [1.807, 2.05) is 73.1 Å². The van der Waals surface area contributed by atoms with E-state index in [-0.39, 0.29) is 11.9 Å². The van der Waals surface area contributed by atoms with Crippen LogP contribution >= 0.6 is 0 Å². The van der Waals surface area contributed by atoms with Crippen molar-refractivity contribution in [1.82, 2.24) is 19.2 Å². The van der Waals surface area contributed by atoms with Crippen molar-refractivity contribution in [2.24, 2.45) is 7.05 Å². The molecule has 0 unspecified atom stereocenters. The van der Waals surface area contributed by atoms with Crippen LogP contribution in [-0.2, 0) is 13.6 Å². The van der Waals surface area contributed by atoms with E-state index in [2.05, 4.69) is 9.67 Å². The van der Waals surface area contributed by atoms with E-state index in [1.54, 1.807) is 4.68 Å². The molecule has 1 amide bonds. The molecule has 1 aliphatic heterocycles. The SMILES string of the molecule is Cn1cc([C@H]2CCCN2C(=O)c2ccc(Cn3cccc3)cc2)cn1. The predicted octanol–water partition coefficient (Wildman–Crippen LogP) is 3.25. The zero-order chi connectivity index (χ0) is 17.2. The Morgan fingerprint density at radius 1 is 1.20 bits per heavy atom. The van der Waals surface area contributed by atoms with E-state index in [0.29, 0.717) is 0 Å². The quantitative estimate of drug-likeness (QED) is 0.735. The number of likely N-dealkylation sites (tertiary alicyclic amines) is 1. The minimum Gasteiger partial charge on any atom is -0.350 e. The van der Waals surface area contributed by atoms with E-state index in [0.717, 1.165) is 37.1 Å². The second kappa shape index (κ2) is 6.59. The van der Waals surface area contributed by atoms with Gasteiger partial charge in [0.05, 0.1) is 12.2 Å². The van der Waals surface area contributed by atoms with Gasteiger partial charge in [0.1, 0.15) is 0 Å². The highest BCUT2D eigenvalue weighted by Gasteiger charge is 2.31. The van der Waals surface area contributed by atoms with Crippen LogP contribution in [0.2, 0.25) is 0 Å². The molecule has 1 aromatic carbocycles. The maximum atomic E-state index is 13.0. The van der Waals surface area contributed by atoms with Gasteiger partial charge >= 0.3 is 0 Å². The lowest BCUT2D eigenvalue weighted by atomic mass is 10.1. The van der Waals surface area contributed by atoms with Crippen LogP contribution in [0.5, 0.6) is 0 Å². The monoisotopic (exact) mass is 334 g/mol. The van der Waals surface area contributed by atoms with Gasteiger partial charge in [-0.25, -0.2) is 0 Å². The number of benzene rings is 1. The van der Waals surface area contributed by atoms with Crippen LogP contribution in [-0.4, -0.2) is 31.7 Å². The first-order chi connectivity index (χ1) is 12.2. The van der Waals surface area contributed by atoms with E-state index < -0.39 is 0 Å². The zero-order valence-corrected chi connectivity index (χ0v) is 14.4. The summed E-state index contributed by atoms with van der Waals surface area (Å²) >= 11 is 0. The molecule has 128 valence electrons. The fourth-order valence-corrected chi connectivity index (χ4v) is 3.57. The molecule has 1 atom stereocenters. The number of carbonyl (C=O) groups excluding carboxylic acids is 1. The van der Waals surface area contributed by atoms with Gasteiger partial charge in [0.15, 0.2) is 0 Å². The van der Waals surface area contributed by atoms with Crippen molar-refractivity contribution < 1.29 is 4.79 Å². The largest absolute Gasteiger partial charge is 0.350 e. The van der Waals surface area contributed by atoms with Gasteiger partial charge in [-0.05, 0) is 42.7 Å². The zero-order valence-electron chi connectivity index (χ0n) is 14.4. The lowest BCUT2D eigenvalue weighted by molar-refractivity contribution is 0.0735. The first-order valence-electron chi connectivity index (χ1n) is 8.70. The van der Waals surface area contributed by atoms with Crippen molar-refractivity contribution in [3.8, 4) is 0 Å². The maximum absolute atomic E-state index is 13.0. The molecule has 0 N–H and O–H groups in total. The second-order valence-corrected chi connectivity index (χ2v) is 6.66. The number of rotatable bonds is 4. The van der Waals surface area contributed by atoms with Gasteiger partial charge in [-0.15, -0.1) is 0 Å². The molecule has 4 rings (SSSR count). The number of carbonyl (C=O) groups is 1. The molecule has 0 bridgehead atoms. The van der Waals surface area contributed by atoms with Crippen LogP contribution < -0.4 is 0 Å². The minimum atomic E-state index is 0.110. The van der Waals surface area contributed by atoms with Gasteiger partial charge in [0.2, 0.25) is 0 Å². The molecular formula is C20H22N4O. The number of nitrogens with zero attached hydrogens (tertiary/aromatic N) is 4. The number of hydrogen-bond acceptors (Lipinski definition) is 2. The Hall–Kier alpha value is -2.82. The molecule has 0 saturated carbocycles. The molecule has 25 heavy (non-hydrogen) atoms. The van der Waals surface area contributed by atoms with Gasteiger partial charge in [0.25, 0.3) is 5.91 Å². The third kappa shape index (κ3) is 3.22. The number of amides is 1. The van der Waals surface area contributed by atoms with Gasteiger partial charge < -0.3 is 9.47 Å². The Bertz CT molecular complexity index is 848. The van der Waals surface area contributed by atoms with Gasteiger partial charge in [-0.3, -0.25) is 9.48 Å². The lowest BCUT2D eigenvalue weighted by Gasteiger charge is -2.24. The highest BCUT2D eigenvalue weighted by Crippen LogP contribution is 2.32. The lowest BCUT2D eigenvalue weighted by Crippen LogP contribution is -2.30. The minimum absolute atomic E-state index is 0.110. The second-order valence-electron chi connectivity index (χ2n) is 6.66. The molecule has 0 aliphatic carbocycles. The fourth-order valence-electron chi connectivity index (χ4n) is 3.57. The van der Waals surface area contributed by atoms with E-state index in [4.69, 9.17) is 0 Å². The smallest absolute Gasteiger partial charge is 0.254 e. The van der Waals surface area contributed by atoms with Crippen LogP contribution in [0.15, 0.2) is 61.2 Å². The molecule has 2 aromatic heterocycles. The van der Waals surface area contributed by atoms with E-state index >= 15 is 0 Å². The van der Waals surface area contributed by atoms with Crippen LogP contribution in [0.25, 0.3) is 0 Å². The van der Waals surface area contributed by atoms with Gasteiger partial charge in [-0.2, -0.15) is 5.10 Å². The molecular weight excluding hydrogens is 312 g/mol. The molecule has 5 nitrogen and oxygen atoms in total. The van der Waals surface area contributed by atoms with Gasteiger partial charge in [0, 0.05) is 49.9 Å². The Morgan fingerprint density at radius 3 is 2.64 bits per heavy atom. The van der Waals surface area contributed by atoms with Crippen molar-refractivity contribution in [3.05, 3.63) is 77.9 Å². The Balaban J connectivity index is 1.50. The molecule has 0 spiro atoms. The summed E-state index contributed by atoms with van der Waals surface area (Å²) in [6.07, 6.45) is 10.0. The molecule has 1 saturated heterocycles. The Labute approximate surface area is 147 Å². The van der Waals surface area contributed by atoms with E-state index in [9.17, 15) is 4.79 Å². The number of aryl methyl sites for hydroxylation is 1. The summed E-state index contributed by atoms with van der Waals surface area (Å²) in [6.45, 7) is 1.63. The summed E-state index contributed by atoms with van der Waals surface area (Å²) in [5.41, 5.74) is 3.07. The number of hydrogen-bond donors (Lipinski definition) is 0. The van der Waals surface area contributed by atoms with Crippen LogP contribution in [0.3, 0.4) is 0 Å². The summed E-state index contributed by atoms with van der Waals surface area (Å²) in [5, 5.41) is 4.25. The molecule has 1 aliphatic rings. The van der Waals surface area contributed by atoms with E-state index in [1.165, 1.54) is 5.56 Å². The average Bonchev–Trinajstić information content (AvgIpc) is 3.36. The van der Waals surface area contributed by atoms with Crippen LogP contribution in [0.4, 0.5) is 0 Å². The fraction of sp³-hybridized carbons (Fsp3) is 0.300. The van der Waals surface area contributed by atoms with Crippen molar-refractivity contribution in [2.45, 2.75) is 25.4 Å². The highest BCUT2D eigenvalue weighted by atomic mass is 16.2. The first kappa shape index (κ1) is 15.7. The van der Waals surface area contributed by atoms with Crippen molar-refractivity contribution >= 4 is 5.91 Å². The Morgan fingerprint density at radius 2 is 1.96 bits per heavy atom. The van der Waals surface area contributed by atoms with Crippen molar-refractivity contribution in [3.63, 3.8) is 0 Å². The normalized spacial score (nSPS) is 17.2. The van der Waals surface area contributed by atoms with Gasteiger partial charge in [-0.1, -0.05) is 12.1 Å². The third-order valence-electron chi connectivity index (χ3n) is 4.86. The molecule has 3 aromatic rings. The molecule has 0 radical (unpaired) electrons. The first-order valence-corrected chi connectivity index (χ1v) is 8.70. The summed E-state index contributed by atoms with van der Waals surface area (Å²) in [4.78, 5) is 14.9. The average molecular weight is 334 g/mol.